The van der Waals surface area contributed by atoms with Gasteiger partial charge in [-0.1, -0.05) is 30.3 Å². The van der Waals surface area contributed by atoms with E-state index in [9.17, 15) is 13.2 Å². The van der Waals surface area contributed by atoms with E-state index in [1.165, 1.54) is 0 Å². The molecule has 0 saturated carbocycles. The first kappa shape index (κ1) is 19.2. The highest BCUT2D eigenvalue weighted by Crippen LogP contribution is 2.19. The largest absolute Gasteiger partial charge is 0.322 e. The Morgan fingerprint density at radius 1 is 0.889 bits per heavy atom. The number of hydrogen-bond acceptors (Lipinski definition) is 4. The summed E-state index contributed by atoms with van der Waals surface area (Å²) in [5.74, 6) is -0.334. The van der Waals surface area contributed by atoms with E-state index in [1.807, 2.05) is 30.5 Å². The molecule has 0 aromatic heterocycles. The molecule has 0 atom stereocenters. The normalized spacial score (nSPS) is 11.1. The topological polar surface area (TPSA) is 63.2 Å². The van der Waals surface area contributed by atoms with Crippen molar-refractivity contribution in [1.29, 1.82) is 0 Å². The van der Waals surface area contributed by atoms with Crippen LogP contribution in [0.25, 0.3) is 0 Å². The average molecular weight is 398 g/mol. The predicted molar refractivity (Wildman–Crippen MR) is 110 cm³/mol. The molecule has 0 fully saturated rings. The Kier molecular flexibility index (Phi) is 5.98. The van der Waals surface area contributed by atoms with Crippen LogP contribution in [0.4, 0.5) is 5.69 Å². The van der Waals surface area contributed by atoms with Gasteiger partial charge in [0.05, 0.1) is 10.6 Å². The standard InChI is InChI=1S/C21H19NO3S2/c1-26-19-13-11-18(12-14-19)22-21(23)17-9-7-16(8-10-17)15-27(24,25)20-5-3-2-4-6-20/h2-14H,15H2,1H3,(H,22,23). The minimum Gasteiger partial charge on any atom is -0.322 e. The zero-order valence-electron chi connectivity index (χ0n) is 14.8. The Morgan fingerprint density at radius 2 is 1.52 bits per heavy atom. The van der Waals surface area contributed by atoms with Crippen molar-refractivity contribution < 1.29 is 13.2 Å². The Balaban J connectivity index is 1.68. The third-order valence-corrected chi connectivity index (χ3v) is 6.47. The summed E-state index contributed by atoms with van der Waals surface area (Å²) < 4.78 is 24.9. The number of nitrogens with one attached hydrogen (secondary N) is 1. The molecule has 3 rings (SSSR count). The molecule has 3 aromatic rings. The molecule has 6 heteroatoms. The molecule has 1 N–H and O–H groups in total. The van der Waals surface area contributed by atoms with Crippen molar-refractivity contribution in [2.45, 2.75) is 15.5 Å². The zero-order valence-corrected chi connectivity index (χ0v) is 16.4. The van der Waals surface area contributed by atoms with Crippen molar-refractivity contribution >= 4 is 33.2 Å². The van der Waals surface area contributed by atoms with Gasteiger partial charge in [-0.25, -0.2) is 8.42 Å². The Bertz CT molecular complexity index is 1010. The number of carbonyl (C=O) groups is 1. The summed E-state index contributed by atoms with van der Waals surface area (Å²) in [6, 6.07) is 22.6. The van der Waals surface area contributed by atoms with E-state index in [1.54, 1.807) is 66.4 Å². The summed E-state index contributed by atoms with van der Waals surface area (Å²) >= 11 is 1.64. The SMILES string of the molecule is CSc1ccc(NC(=O)c2ccc(CS(=O)(=O)c3ccccc3)cc2)cc1. The molecule has 27 heavy (non-hydrogen) atoms. The molecular formula is C21H19NO3S2. The maximum Gasteiger partial charge on any atom is 0.255 e. The Labute approximate surface area is 163 Å². The van der Waals surface area contributed by atoms with Gasteiger partial charge in [-0.05, 0) is 60.4 Å². The predicted octanol–water partition coefficient (Wildman–Crippen LogP) is 4.63. The fraction of sp³-hybridized carbons (Fsp3) is 0.0952. The van der Waals surface area contributed by atoms with E-state index in [2.05, 4.69) is 5.32 Å². The Hall–Kier alpha value is -2.57. The molecule has 0 saturated heterocycles. The van der Waals surface area contributed by atoms with Crippen molar-refractivity contribution in [2.75, 3.05) is 11.6 Å². The van der Waals surface area contributed by atoms with Crippen molar-refractivity contribution in [3.05, 3.63) is 90.0 Å². The third kappa shape index (κ3) is 4.99. The summed E-state index contributed by atoms with van der Waals surface area (Å²) in [5, 5.41) is 2.84. The van der Waals surface area contributed by atoms with Gasteiger partial charge in [0, 0.05) is 16.1 Å². The molecule has 0 spiro atoms. The number of anilines is 1. The maximum atomic E-state index is 12.4. The first-order valence-electron chi connectivity index (χ1n) is 8.30. The highest BCUT2D eigenvalue weighted by Gasteiger charge is 2.15. The minimum absolute atomic E-state index is 0.102. The molecule has 4 nitrogen and oxygen atoms in total. The quantitative estimate of drug-likeness (QED) is 0.616. The van der Waals surface area contributed by atoms with Crippen LogP contribution in [-0.4, -0.2) is 20.6 Å². The number of hydrogen-bond donors (Lipinski definition) is 1. The number of carbonyl (C=O) groups excluding carboxylic acids is 1. The average Bonchev–Trinajstić information content (AvgIpc) is 2.69. The molecule has 0 aliphatic carbocycles. The monoisotopic (exact) mass is 397 g/mol. The fourth-order valence-electron chi connectivity index (χ4n) is 2.56. The molecule has 138 valence electrons. The number of rotatable bonds is 6. The van der Waals surface area contributed by atoms with Gasteiger partial charge in [0.25, 0.3) is 5.91 Å². The van der Waals surface area contributed by atoms with Crippen molar-refractivity contribution in [3.8, 4) is 0 Å². The molecule has 0 bridgehead atoms. The second-order valence-corrected chi connectivity index (χ2v) is 8.82. The van der Waals surface area contributed by atoms with E-state index in [0.29, 0.717) is 21.7 Å². The van der Waals surface area contributed by atoms with E-state index in [-0.39, 0.29) is 11.7 Å². The number of amides is 1. The zero-order chi connectivity index (χ0) is 19.3. The fourth-order valence-corrected chi connectivity index (χ4v) is 4.34. The van der Waals surface area contributed by atoms with Crippen LogP contribution in [0.5, 0.6) is 0 Å². The van der Waals surface area contributed by atoms with Crippen molar-refractivity contribution in [1.82, 2.24) is 0 Å². The van der Waals surface area contributed by atoms with Gasteiger partial charge in [-0.2, -0.15) is 0 Å². The van der Waals surface area contributed by atoms with Gasteiger partial charge in [0.1, 0.15) is 0 Å². The summed E-state index contributed by atoms with van der Waals surface area (Å²) in [5.41, 5.74) is 1.83. The first-order valence-corrected chi connectivity index (χ1v) is 11.2. The van der Waals surface area contributed by atoms with Crippen LogP contribution < -0.4 is 5.32 Å². The van der Waals surface area contributed by atoms with Gasteiger partial charge in [0.15, 0.2) is 9.84 Å². The molecular weight excluding hydrogens is 378 g/mol. The van der Waals surface area contributed by atoms with Crippen LogP contribution in [0.2, 0.25) is 0 Å². The number of thioether (sulfide) groups is 1. The van der Waals surface area contributed by atoms with Gasteiger partial charge in [0.2, 0.25) is 0 Å². The lowest BCUT2D eigenvalue weighted by atomic mass is 10.1. The molecule has 0 radical (unpaired) electrons. The van der Waals surface area contributed by atoms with Crippen molar-refractivity contribution in [3.63, 3.8) is 0 Å². The highest BCUT2D eigenvalue weighted by molar-refractivity contribution is 7.98. The lowest BCUT2D eigenvalue weighted by Gasteiger charge is -2.08. The second-order valence-electron chi connectivity index (χ2n) is 5.95. The minimum atomic E-state index is -3.40. The van der Waals surface area contributed by atoms with Crippen LogP contribution in [-0.2, 0) is 15.6 Å². The highest BCUT2D eigenvalue weighted by atomic mass is 32.2. The molecule has 0 aliphatic heterocycles. The van der Waals surface area contributed by atoms with E-state index < -0.39 is 9.84 Å². The molecule has 0 heterocycles. The van der Waals surface area contributed by atoms with E-state index >= 15 is 0 Å². The van der Waals surface area contributed by atoms with Crippen molar-refractivity contribution in [2.24, 2.45) is 0 Å². The maximum absolute atomic E-state index is 12.4. The van der Waals surface area contributed by atoms with Gasteiger partial charge >= 0.3 is 0 Å². The van der Waals surface area contributed by atoms with Crippen LogP contribution in [0.15, 0.2) is 88.7 Å². The smallest absolute Gasteiger partial charge is 0.255 e. The van der Waals surface area contributed by atoms with E-state index in [0.717, 1.165) is 4.90 Å². The van der Waals surface area contributed by atoms with Crippen LogP contribution in [0.1, 0.15) is 15.9 Å². The summed E-state index contributed by atoms with van der Waals surface area (Å²) in [7, 11) is -3.40. The van der Waals surface area contributed by atoms with Gasteiger partial charge in [-0.3, -0.25) is 4.79 Å². The van der Waals surface area contributed by atoms with Gasteiger partial charge in [-0.15, -0.1) is 11.8 Å². The summed E-state index contributed by atoms with van der Waals surface area (Å²) in [6.07, 6.45) is 1.99. The Morgan fingerprint density at radius 3 is 2.11 bits per heavy atom. The summed E-state index contributed by atoms with van der Waals surface area (Å²) in [6.45, 7) is 0. The molecule has 0 aliphatic rings. The number of sulfone groups is 1. The van der Waals surface area contributed by atoms with E-state index in [4.69, 9.17) is 0 Å². The summed E-state index contributed by atoms with van der Waals surface area (Å²) in [4.78, 5) is 13.8. The molecule has 1 amide bonds. The first-order chi connectivity index (χ1) is 13.0. The number of benzene rings is 3. The lowest BCUT2D eigenvalue weighted by molar-refractivity contribution is 0.102. The third-order valence-electron chi connectivity index (χ3n) is 4.02. The lowest BCUT2D eigenvalue weighted by Crippen LogP contribution is -2.12. The molecule has 3 aromatic carbocycles. The van der Waals surface area contributed by atoms with Crippen LogP contribution in [0.3, 0.4) is 0 Å². The second kappa shape index (κ2) is 8.41. The molecule has 0 unspecified atom stereocenters. The van der Waals surface area contributed by atoms with Crippen LogP contribution >= 0.6 is 11.8 Å². The van der Waals surface area contributed by atoms with Gasteiger partial charge < -0.3 is 5.32 Å². The van der Waals surface area contributed by atoms with Crippen LogP contribution in [0, 0.1) is 0 Å².